The number of aromatic carboxylic acids is 1. The minimum atomic E-state index is -3.54. The molecule has 20 heavy (non-hydrogen) atoms. The first kappa shape index (κ1) is 14.1. The van der Waals surface area contributed by atoms with Gasteiger partial charge in [0.15, 0.2) is 21.3 Å². The number of methoxy groups -OCH3 is 1. The highest BCUT2D eigenvalue weighted by Gasteiger charge is 2.23. The minimum Gasteiger partial charge on any atom is -0.496 e. The maximum Gasteiger partial charge on any atom is 0.358 e. The molecule has 0 atom stereocenters. The highest BCUT2D eigenvalue weighted by atomic mass is 32.2. The van der Waals surface area contributed by atoms with Gasteiger partial charge in [-0.1, -0.05) is 11.2 Å². The molecule has 0 saturated heterocycles. The maximum atomic E-state index is 11.8. The molecule has 0 radical (unpaired) electrons. The van der Waals surface area contributed by atoms with Crippen molar-refractivity contribution in [3.05, 3.63) is 30.0 Å². The number of aromatic nitrogens is 1. The molecule has 7 nitrogen and oxygen atoms in total. The number of rotatable bonds is 4. The topological polar surface area (TPSA) is 107 Å². The first-order chi connectivity index (χ1) is 9.34. The van der Waals surface area contributed by atoms with Gasteiger partial charge >= 0.3 is 5.97 Å². The van der Waals surface area contributed by atoms with Gasteiger partial charge in [0.1, 0.15) is 5.75 Å². The van der Waals surface area contributed by atoms with Gasteiger partial charge in [-0.2, -0.15) is 0 Å². The maximum absolute atomic E-state index is 11.8. The van der Waals surface area contributed by atoms with E-state index >= 15 is 0 Å². The summed E-state index contributed by atoms with van der Waals surface area (Å²) in [5.41, 5.74) is -0.164. The van der Waals surface area contributed by atoms with Crippen LogP contribution >= 0.6 is 0 Å². The Morgan fingerprint density at radius 3 is 2.60 bits per heavy atom. The summed E-state index contributed by atoms with van der Waals surface area (Å²) in [5, 5.41) is 12.2. The third-order valence-electron chi connectivity index (χ3n) is 2.58. The van der Waals surface area contributed by atoms with Crippen LogP contribution in [-0.4, -0.2) is 38.0 Å². The molecule has 1 heterocycles. The van der Waals surface area contributed by atoms with Crippen molar-refractivity contribution < 1.29 is 27.6 Å². The third kappa shape index (κ3) is 2.50. The number of benzene rings is 1. The van der Waals surface area contributed by atoms with Crippen LogP contribution in [0.2, 0.25) is 0 Å². The van der Waals surface area contributed by atoms with Gasteiger partial charge in [-0.25, -0.2) is 13.2 Å². The van der Waals surface area contributed by atoms with E-state index in [0.717, 1.165) is 12.3 Å². The molecule has 1 aromatic heterocycles. The quantitative estimate of drug-likeness (QED) is 0.910. The molecular weight excluding hydrogens is 286 g/mol. The molecule has 2 aromatic rings. The predicted molar refractivity (Wildman–Crippen MR) is 68.6 cm³/mol. The summed E-state index contributed by atoms with van der Waals surface area (Å²) in [5.74, 6) is -1.00. The molecule has 0 aliphatic rings. The largest absolute Gasteiger partial charge is 0.496 e. The number of carboxylic acids is 1. The Morgan fingerprint density at radius 2 is 2.10 bits per heavy atom. The first-order valence-electron chi connectivity index (χ1n) is 5.42. The zero-order chi connectivity index (χ0) is 14.9. The molecule has 0 saturated carbocycles. The average Bonchev–Trinajstić information content (AvgIpc) is 2.86. The number of carboxylic acid groups (broad SMARTS) is 1. The Morgan fingerprint density at radius 1 is 1.40 bits per heavy atom. The number of sulfone groups is 1. The van der Waals surface area contributed by atoms with Crippen LogP contribution in [-0.2, 0) is 9.84 Å². The molecule has 0 aliphatic heterocycles. The molecule has 0 fully saturated rings. The van der Waals surface area contributed by atoms with Crippen LogP contribution in [0.4, 0.5) is 0 Å². The smallest absolute Gasteiger partial charge is 0.358 e. The lowest BCUT2D eigenvalue weighted by molar-refractivity contribution is 0.0686. The van der Waals surface area contributed by atoms with E-state index in [1.807, 2.05) is 0 Å². The lowest BCUT2D eigenvalue weighted by atomic mass is 10.1. The number of carbonyl (C=O) groups is 1. The lowest BCUT2D eigenvalue weighted by Gasteiger charge is -2.09. The summed E-state index contributed by atoms with van der Waals surface area (Å²) >= 11 is 0. The van der Waals surface area contributed by atoms with Crippen LogP contribution in [0.15, 0.2) is 33.7 Å². The number of nitrogens with zero attached hydrogens (tertiary/aromatic N) is 1. The fourth-order valence-electron chi connectivity index (χ4n) is 1.73. The summed E-state index contributed by atoms with van der Waals surface area (Å²) in [7, 11) is -2.17. The standard InChI is InChI=1S/C12H11NO6S/c1-18-8-4-3-5-10(20(2,16)17)11(8)9-6-7(12(14)15)13-19-9/h3-6H,1-2H3,(H,14,15). The van der Waals surface area contributed by atoms with Gasteiger partial charge in [0, 0.05) is 12.3 Å². The molecule has 106 valence electrons. The second kappa shape index (κ2) is 4.97. The number of hydrogen-bond acceptors (Lipinski definition) is 6. The van der Waals surface area contributed by atoms with Gasteiger partial charge in [-0.05, 0) is 12.1 Å². The van der Waals surface area contributed by atoms with Crippen molar-refractivity contribution in [2.24, 2.45) is 0 Å². The first-order valence-corrected chi connectivity index (χ1v) is 7.31. The summed E-state index contributed by atoms with van der Waals surface area (Å²) in [6.45, 7) is 0. The molecule has 1 aromatic carbocycles. The minimum absolute atomic E-state index is 0.0141. The van der Waals surface area contributed by atoms with Crippen LogP contribution in [0.5, 0.6) is 5.75 Å². The molecular formula is C12H11NO6S. The van der Waals surface area contributed by atoms with Crippen molar-refractivity contribution in [2.75, 3.05) is 13.4 Å². The van der Waals surface area contributed by atoms with Crippen molar-refractivity contribution in [2.45, 2.75) is 4.90 Å². The Labute approximate surface area is 114 Å². The summed E-state index contributed by atoms with van der Waals surface area (Å²) in [6.07, 6.45) is 1.04. The van der Waals surface area contributed by atoms with Gasteiger partial charge in [0.05, 0.1) is 17.6 Å². The summed E-state index contributed by atoms with van der Waals surface area (Å²) in [4.78, 5) is 10.8. The lowest BCUT2D eigenvalue weighted by Crippen LogP contribution is -2.01. The number of hydrogen-bond donors (Lipinski definition) is 1. The molecule has 2 rings (SSSR count). The zero-order valence-corrected chi connectivity index (χ0v) is 11.5. The van der Waals surface area contributed by atoms with E-state index in [2.05, 4.69) is 5.16 Å². The van der Waals surface area contributed by atoms with Crippen molar-refractivity contribution in [3.63, 3.8) is 0 Å². The highest BCUT2D eigenvalue weighted by molar-refractivity contribution is 7.90. The molecule has 1 N–H and O–H groups in total. The van der Waals surface area contributed by atoms with Crippen molar-refractivity contribution >= 4 is 15.8 Å². The monoisotopic (exact) mass is 297 g/mol. The molecule has 0 spiro atoms. The van der Waals surface area contributed by atoms with E-state index in [1.165, 1.54) is 19.2 Å². The molecule has 0 amide bonds. The Kier molecular flexibility index (Phi) is 3.49. The van der Waals surface area contributed by atoms with Gasteiger partial charge in [0.2, 0.25) is 0 Å². The van der Waals surface area contributed by atoms with Gasteiger partial charge in [-0.3, -0.25) is 0 Å². The van der Waals surface area contributed by atoms with Gasteiger partial charge in [-0.15, -0.1) is 0 Å². The van der Waals surface area contributed by atoms with E-state index in [9.17, 15) is 13.2 Å². The number of ether oxygens (including phenoxy) is 1. The van der Waals surface area contributed by atoms with Crippen LogP contribution in [0.1, 0.15) is 10.5 Å². The van der Waals surface area contributed by atoms with Crippen LogP contribution in [0.3, 0.4) is 0 Å². The van der Waals surface area contributed by atoms with E-state index in [-0.39, 0.29) is 27.7 Å². The van der Waals surface area contributed by atoms with Gasteiger partial charge < -0.3 is 14.4 Å². The average molecular weight is 297 g/mol. The fraction of sp³-hybridized carbons (Fsp3) is 0.167. The van der Waals surface area contributed by atoms with Crippen molar-refractivity contribution in [1.29, 1.82) is 0 Å². The summed E-state index contributed by atoms with van der Waals surface area (Å²) < 4.78 is 33.6. The normalized spacial score (nSPS) is 11.3. The van der Waals surface area contributed by atoms with E-state index in [0.29, 0.717) is 0 Å². The Hall–Kier alpha value is -2.35. The van der Waals surface area contributed by atoms with Gasteiger partial charge in [0.25, 0.3) is 0 Å². The van der Waals surface area contributed by atoms with Crippen LogP contribution in [0.25, 0.3) is 11.3 Å². The second-order valence-corrected chi connectivity index (χ2v) is 5.97. The molecule has 0 bridgehead atoms. The highest BCUT2D eigenvalue weighted by Crippen LogP contribution is 2.36. The van der Waals surface area contributed by atoms with E-state index < -0.39 is 15.8 Å². The molecule has 8 heteroatoms. The summed E-state index contributed by atoms with van der Waals surface area (Å²) in [6, 6.07) is 5.60. The van der Waals surface area contributed by atoms with Crippen molar-refractivity contribution in [3.8, 4) is 17.1 Å². The third-order valence-corrected chi connectivity index (χ3v) is 3.72. The van der Waals surface area contributed by atoms with E-state index in [4.69, 9.17) is 14.4 Å². The Balaban J connectivity index is 2.73. The second-order valence-electron chi connectivity index (χ2n) is 3.99. The van der Waals surface area contributed by atoms with Crippen molar-refractivity contribution in [1.82, 2.24) is 5.16 Å². The Bertz CT molecular complexity index is 762. The predicted octanol–water partition coefficient (Wildman–Crippen LogP) is 1.45. The zero-order valence-electron chi connectivity index (χ0n) is 10.7. The fourth-order valence-corrected chi connectivity index (χ4v) is 2.62. The van der Waals surface area contributed by atoms with Crippen LogP contribution < -0.4 is 4.74 Å². The molecule has 0 unspecified atom stereocenters. The SMILES string of the molecule is COc1cccc(S(C)(=O)=O)c1-c1cc(C(=O)O)no1. The van der Waals surface area contributed by atoms with Crippen LogP contribution in [0, 0.1) is 0 Å². The molecule has 0 aliphatic carbocycles. The van der Waals surface area contributed by atoms with E-state index in [1.54, 1.807) is 6.07 Å².